The Labute approximate surface area is 203 Å². The highest BCUT2D eigenvalue weighted by molar-refractivity contribution is 6.31. The Bertz CT molecular complexity index is 1390. The molecule has 3 aromatic carbocycles. The largest absolute Gasteiger partial charge is 0.496 e. The number of carbonyl (C=O) groups excluding carboxylic acids is 1. The fraction of sp³-hybridized carbons (Fsp3) is 0.179. The quantitative estimate of drug-likeness (QED) is 0.281. The van der Waals surface area contributed by atoms with Crippen molar-refractivity contribution in [1.29, 1.82) is 0 Å². The van der Waals surface area contributed by atoms with E-state index in [0.717, 1.165) is 44.5 Å². The molecule has 0 saturated carbocycles. The van der Waals surface area contributed by atoms with Crippen molar-refractivity contribution >= 4 is 39.7 Å². The predicted molar refractivity (Wildman–Crippen MR) is 138 cm³/mol. The van der Waals surface area contributed by atoms with Crippen LogP contribution in [0, 0.1) is 6.92 Å². The number of rotatable bonds is 7. The lowest BCUT2D eigenvalue weighted by molar-refractivity contribution is -0.111. The maximum absolute atomic E-state index is 12.7. The van der Waals surface area contributed by atoms with E-state index in [1.807, 2.05) is 51.1 Å². The Morgan fingerprint density at radius 2 is 1.91 bits per heavy atom. The number of nitrogens with one attached hydrogen (secondary N) is 1. The standard InChI is InChI=1S/C28H26ClNO4/c1-5-33-27-18(3)28-23(24(16-34-28)21-11-6-7-12-25(21)32-4)15-22(27)17(2)13-26(31)30-20-10-8-9-19(29)14-20/h6-16H,5H2,1-4H3,(H,30,31)/b17-13+. The topological polar surface area (TPSA) is 60.7 Å². The van der Waals surface area contributed by atoms with E-state index in [0.29, 0.717) is 23.1 Å². The third-order valence-corrected chi connectivity index (χ3v) is 5.83. The summed E-state index contributed by atoms with van der Waals surface area (Å²) in [7, 11) is 1.65. The molecular formula is C28H26ClNO4. The highest BCUT2D eigenvalue weighted by Crippen LogP contribution is 2.42. The van der Waals surface area contributed by atoms with Crippen LogP contribution < -0.4 is 14.8 Å². The van der Waals surface area contributed by atoms with Gasteiger partial charge in [-0.2, -0.15) is 0 Å². The minimum absolute atomic E-state index is 0.253. The minimum atomic E-state index is -0.253. The molecule has 1 heterocycles. The van der Waals surface area contributed by atoms with Crippen molar-refractivity contribution in [3.8, 4) is 22.6 Å². The number of benzene rings is 3. The molecule has 1 amide bonds. The zero-order valence-corrected chi connectivity index (χ0v) is 20.3. The Balaban J connectivity index is 1.81. The molecule has 34 heavy (non-hydrogen) atoms. The van der Waals surface area contributed by atoms with Gasteiger partial charge in [0.1, 0.15) is 17.1 Å². The highest BCUT2D eigenvalue weighted by Gasteiger charge is 2.20. The molecule has 0 radical (unpaired) electrons. The zero-order chi connectivity index (χ0) is 24.2. The van der Waals surface area contributed by atoms with Crippen LogP contribution in [0.25, 0.3) is 27.7 Å². The van der Waals surface area contributed by atoms with Crippen LogP contribution in [0.5, 0.6) is 11.5 Å². The van der Waals surface area contributed by atoms with E-state index in [2.05, 4.69) is 5.32 Å². The van der Waals surface area contributed by atoms with E-state index in [1.54, 1.807) is 43.7 Å². The van der Waals surface area contributed by atoms with Crippen molar-refractivity contribution in [3.05, 3.63) is 83.1 Å². The number of para-hydroxylation sites is 1. The van der Waals surface area contributed by atoms with Crippen LogP contribution in [-0.4, -0.2) is 19.6 Å². The van der Waals surface area contributed by atoms with Crippen LogP contribution in [0.3, 0.4) is 0 Å². The molecule has 4 aromatic rings. The Morgan fingerprint density at radius 3 is 2.65 bits per heavy atom. The molecule has 1 N–H and O–H groups in total. The van der Waals surface area contributed by atoms with Gasteiger partial charge in [-0.1, -0.05) is 35.9 Å². The molecule has 0 spiro atoms. The second kappa shape index (κ2) is 10.1. The molecule has 0 saturated heterocycles. The van der Waals surface area contributed by atoms with Crippen molar-refractivity contribution in [1.82, 2.24) is 0 Å². The maximum Gasteiger partial charge on any atom is 0.248 e. The Hall–Kier alpha value is -3.70. The second-order valence-electron chi connectivity index (χ2n) is 7.86. The molecule has 174 valence electrons. The van der Waals surface area contributed by atoms with E-state index < -0.39 is 0 Å². The summed E-state index contributed by atoms with van der Waals surface area (Å²) in [5, 5.41) is 4.34. The SMILES string of the molecule is CCOc1c(/C(C)=C/C(=O)Nc2cccc(Cl)c2)cc2c(-c3ccccc3OC)coc2c1C. The van der Waals surface area contributed by atoms with Gasteiger partial charge in [0, 0.05) is 44.4 Å². The molecular weight excluding hydrogens is 450 g/mol. The number of allylic oxidation sites excluding steroid dienone is 1. The summed E-state index contributed by atoms with van der Waals surface area (Å²) in [5.74, 6) is 1.20. The van der Waals surface area contributed by atoms with Gasteiger partial charge in [0.05, 0.1) is 20.0 Å². The summed E-state index contributed by atoms with van der Waals surface area (Å²) in [6.07, 6.45) is 3.30. The number of fused-ring (bicyclic) bond motifs is 1. The van der Waals surface area contributed by atoms with E-state index in [4.69, 9.17) is 25.5 Å². The number of anilines is 1. The van der Waals surface area contributed by atoms with Crippen molar-refractivity contribution in [2.45, 2.75) is 20.8 Å². The van der Waals surface area contributed by atoms with E-state index >= 15 is 0 Å². The summed E-state index contributed by atoms with van der Waals surface area (Å²) < 4.78 is 17.5. The van der Waals surface area contributed by atoms with Gasteiger partial charge in [0.25, 0.3) is 0 Å². The number of hydrogen-bond acceptors (Lipinski definition) is 4. The fourth-order valence-electron chi connectivity index (χ4n) is 4.03. The van der Waals surface area contributed by atoms with Crippen LogP contribution in [0.2, 0.25) is 5.02 Å². The number of halogens is 1. The predicted octanol–water partition coefficient (Wildman–Crippen LogP) is 7.51. The van der Waals surface area contributed by atoms with Crippen LogP contribution in [-0.2, 0) is 4.79 Å². The van der Waals surface area contributed by atoms with Crippen LogP contribution in [0.1, 0.15) is 25.0 Å². The normalized spacial score (nSPS) is 11.5. The highest BCUT2D eigenvalue weighted by atomic mass is 35.5. The first-order valence-electron chi connectivity index (χ1n) is 11.0. The molecule has 0 fully saturated rings. The third kappa shape index (κ3) is 4.66. The van der Waals surface area contributed by atoms with Gasteiger partial charge >= 0.3 is 0 Å². The number of furan rings is 1. The first kappa shape index (κ1) is 23.5. The van der Waals surface area contributed by atoms with E-state index in [1.165, 1.54) is 0 Å². The number of aryl methyl sites for hydroxylation is 1. The zero-order valence-electron chi connectivity index (χ0n) is 19.6. The molecule has 5 nitrogen and oxygen atoms in total. The molecule has 0 bridgehead atoms. The lowest BCUT2D eigenvalue weighted by Gasteiger charge is -2.15. The van der Waals surface area contributed by atoms with Crippen LogP contribution in [0.15, 0.2) is 71.4 Å². The molecule has 0 aliphatic heterocycles. The van der Waals surface area contributed by atoms with Crippen LogP contribution in [0.4, 0.5) is 5.69 Å². The monoisotopic (exact) mass is 475 g/mol. The average molecular weight is 476 g/mol. The number of amides is 1. The maximum atomic E-state index is 12.7. The molecule has 0 atom stereocenters. The van der Waals surface area contributed by atoms with Gasteiger partial charge in [0.2, 0.25) is 5.91 Å². The lowest BCUT2D eigenvalue weighted by Crippen LogP contribution is -2.09. The van der Waals surface area contributed by atoms with Crippen molar-refractivity contribution < 1.29 is 18.7 Å². The number of hydrogen-bond donors (Lipinski definition) is 1. The van der Waals surface area contributed by atoms with Crippen molar-refractivity contribution in [2.75, 3.05) is 19.0 Å². The summed E-state index contributed by atoms with van der Waals surface area (Å²) in [6.45, 7) is 6.28. The molecule has 0 aliphatic rings. The van der Waals surface area contributed by atoms with Crippen molar-refractivity contribution in [3.63, 3.8) is 0 Å². The molecule has 4 rings (SSSR count). The van der Waals surface area contributed by atoms with E-state index in [9.17, 15) is 4.79 Å². The van der Waals surface area contributed by atoms with Crippen molar-refractivity contribution in [2.24, 2.45) is 0 Å². The number of ether oxygens (including phenoxy) is 2. The lowest BCUT2D eigenvalue weighted by atomic mass is 9.96. The number of carbonyl (C=O) groups is 1. The summed E-state index contributed by atoms with van der Waals surface area (Å²) in [4.78, 5) is 12.7. The molecule has 1 aromatic heterocycles. The van der Waals surface area contributed by atoms with Gasteiger partial charge < -0.3 is 19.2 Å². The summed E-state index contributed by atoms with van der Waals surface area (Å²) >= 11 is 6.03. The first-order chi connectivity index (χ1) is 16.4. The Morgan fingerprint density at radius 1 is 1.12 bits per heavy atom. The van der Waals surface area contributed by atoms with E-state index in [-0.39, 0.29) is 5.91 Å². The average Bonchev–Trinajstić information content (AvgIpc) is 3.24. The Kier molecular flexibility index (Phi) is 6.94. The second-order valence-corrected chi connectivity index (χ2v) is 8.30. The van der Waals surface area contributed by atoms with Gasteiger partial charge in [-0.3, -0.25) is 4.79 Å². The third-order valence-electron chi connectivity index (χ3n) is 5.59. The molecule has 0 aliphatic carbocycles. The van der Waals surface area contributed by atoms with Gasteiger partial charge in [-0.05, 0) is 56.7 Å². The van der Waals surface area contributed by atoms with Gasteiger partial charge in [0.15, 0.2) is 0 Å². The number of methoxy groups -OCH3 is 1. The summed E-state index contributed by atoms with van der Waals surface area (Å²) in [6, 6.07) is 16.9. The minimum Gasteiger partial charge on any atom is -0.496 e. The van der Waals surface area contributed by atoms with Gasteiger partial charge in [-0.25, -0.2) is 0 Å². The first-order valence-corrected chi connectivity index (χ1v) is 11.4. The molecule has 0 unspecified atom stereocenters. The summed E-state index contributed by atoms with van der Waals surface area (Å²) in [5.41, 5.74) is 5.68. The fourth-order valence-corrected chi connectivity index (χ4v) is 4.22. The van der Waals surface area contributed by atoms with Gasteiger partial charge in [-0.15, -0.1) is 0 Å². The smallest absolute Gasteiger partial charge is 0.248 e. The molecule has 6 heteroatoms. The van der Waals surface area contributed by atoms with Crippen LogP contribution >= 0.6 is 11.6 Å².